The molecule has 0 unspecified atom stereocenters. The maximum atomic E-state index is 9.32. The second kappa shape index (κ2) is 11.4. The van der Waals surface area contributed by atoms with Crippen molar-refractivity contribution in [2.45, 2.75) is 0 Å². The molecule has 0 saturated heterocycles. The van der Waals surface area contributed by atoms with Crippen LogP contribution in [-0.4, -0.2) is 19.5 Å². The smallest absolute Gasteiger partial charge is 0.164 e. The summed E-state index contributed by atoms with van der Waals surface area (Å²) in [6.45, 7) is 0. The van der Waals surface area contributed by atoms with E-state index in [-0.39, 0.29) is 52.1 Å². The fourth-order valence-corrected chi connectivity index (χ4v) is 6.64. The monoisotopic (exact) mass is 647 g/mol. The molecule has 0 aliphatic heterocycles. The Kier molecular flexibility index (Phi) is 4.99. The van der Waals surface area contributed by atoms with Crippen LogP contribution in [0.25, 0.3) is 94.7 Å². The number of furan rings is 1. The van der Waals surface area contributed by atoms with Crippen molar-refractivity contribution in [1.29, 1.82) is 0 Å². The highest BCUT2D eigenvalue weighted by Gasteiger charge is 2.18. The summed E-state index contributed by atoms with van der Waals surface area (Å²) in [5.41, 5.74) is 5.46. The lowest BCUT2D eigenvalue weighted by Gasteiger charge is -2.13. The topological polar surface area (TPSA) is 56.7 Å². The van der Waals surface area contributed by atoms with Gasteiger partial charge in [-0.2, -0.15) is 0 Å². The highest BCUT2D eigenvalue weighted by Crippen LogP contribution is 2.39. The molecule has 0 aliphatic carbocycles. The number of rotatable bonds is 5. The number of aromatic nitrogens is 4. The van der Waals surface area contributed by atoms with Crippen LogP contribution in [0.2, 0.25) is 0 Å². The van der Waals surface area contributed by atoms with Crippen molar-refractivity contribution >= 4 is 43.7 Å². The van der Waals surface area contributed by atoms with Crippen LogP contribution >= 0.6 is 0 Å². The molecule has 5 nitrogen and oxygen atoms in total. The van der Waals surface area contributed by atoms with E-state index >= 15 is 0 Å². The van der Waals surface area contributed by atoms with Gasteiger partial charge in [-0.15, -0.1) is 0 Å². The van der Waals surface area contributed by atoms with Crippen molar-refractivity contribution in [3.05, 3.63) is 170 Å². The van der Waals surface area contributed by atoms with E-state index in [4.69, 9.17) is 27.6 Å². The molecule has 50 heavy (non-hydrogen) atoms. The maximum Gasteiger partial charge on any atom is 0.164 e. The third-order valence-corrected chi connectivity index (χ3v) is 8.94. The van der Waals surface area contributed by atoms with E-state index in [1.54, 1.807) is 10.6 Å². The first-order valence-electron chi connectivity index (χ1n) is 19.6. The van der Waals surface area contributed by atoms with E-state index in [0.29, 0.717) is 45.4 Å². The number of nitrogens with zero attached hydrogens (tertiary/aromatic N) is 4. The fraction of sp³-hybridized carbons (Fsp3) is 0. The summed E-state index contributed by atoms with van der Waals surface area (Å²) in [6, 6.07) is 37.4. The third-order valence-electron chi connectivity index (χ3n) is 8.94. The Hall–Kier alpha value is -6.85. The van der Waals surface area contributed by atoms with Gasteiger partial charge in [-0.1, -0.05) is 127 Å². The van der Waals surface area contributed by atoms with E-state index < -0.39 is 12.1 Å². The lowest BCUT2D eigenvalue weighted by Crippen LogP contribution is -2.00. The molecule has 0 N–H and O–H groups in total. The van der Waals surface area contributed by atoms with Gasteiger partial charge in [0.1, 0.15) is 11.2 Å². The SMILES string of the molecule is [2H]c1c([2H])c([2H])c2c(c1[2H])c1c([2H])c([2H])c([2H])c(-c3cccc(-c4nc(-c5ccccc5)nc(-c5ccc6c(c5)oc5ccccc56)n4)c3)c1n2-c1ccccc1. The number of fused-ring (bicyclic) bond motifs is 6. The molecule has 234 valence electrons. The summed E-state index contributed by atoms with van der Waals surface area (Å²) in [5, 5.41) is 2.27. The molecule has 0 radical (unpaired) electrons. The summed E-state index contributed by atoms with van der Waals surface area (Å²) in [5.74, 6) is 1.24. The first-order valence-corrected chi connectivity index (χ1v) is 16.1. The van der Waals surface area contributed by atoms with E-state index in [1.807, 2.05) is 121 Å². The second-order valence-corrected chi connectivity index (χ2v) is 11.9. The quantitative estimate of drug-likeness (QED) is 0.186. The van der Waals surface area contributed by atoms with Crippen LogP contribution in [0.15, 0.2) is 174 Å². The highest BCUT2D eigenvalue weighted by molar-refractivity contribution is 6.14. The number of para-hydroxylation sites is 4. The van der Waals surface area contributed by atoms with Crippen LogP contribution in [0.5, 0.6) is 0 Å². The maximum absolute atomic E-state index is 9.32. The summed E-state index contributed by atoms with van der Waals surface area (Å²) in [7, 11) is 0. The van der Waals surface area contributed by atoms with Gasteiger partial charge in [0.05, 0.1) is 20.6 Å². The summed E-state index contributed by atoms with van der Waals surface area (Å²) in [6.07, 6.45) is 0. The minimum Gasteiger partial charge on any atom is -0.456 e. The molecule has 7 aromatic carbocycles. The normalized spacial score (nSPS) is 13.6. The standard InChI is InChI=1S/C45H28N4O/c1-3-13-29(14-4-1)43-46-44(48-45(47-43)32-25-26-37-36-20-8-10-24-40(36)50-41(37)28-32)31-16-11-15-30(27-31)34-21-12-22-38-35-19-7-9-23-39(35)49(42(34)38)33-17-5-2-6-18-33/h1-28H/i7D,9D,12D,19D,21D,22D,23D. The predicted molar refractivity (Wildman–Crippen MR) is 203 cm³/mol. The molecule has 0 atom stereocenters. The van der Waals surface area contributed by atoms with Crippen LogP contribution in [0.3, 0.4) is 0 Å². The Morgan fingerprint density at radius 2 is 1.10 bits per heavy atom. The van der Waals surface area contributed by atoms with Crippen molar-refractivity contribution in [2.24, 2.45) is 0 Å². The Labute approximate surface area is 297 Å². The van der Waals surface area contributed by atoms with Crippen LogP contribution in [-0.2, 0) is 0 Å². The first kappa shape index (κ1) is 21.9. The minimum absolute atomic E-state index is 0.117. The van der Waals surface area contributed by atoms with Gasteiger partial charge in [-0.05, 0) is 48.0 Å². The Bertz CT molecular complexity index is 3270. The zero-order chi connectivity index (χ0) is 39.1. The lowest BCUT2D eigenvalue weighted by atomic mass is 9.99. The van der Waals surface area contributed by atoms with Gasteiger partial charge >= 0.3 is 0 Å². The van der Waals surface area contributed by atoms with Gasteiger partial charge < -0.3 is 8.98 Å². The van der Waals surface area contributed by atoms with Crippen molar-refractivity contribution in [1.82, 2.24) is 19.5 Å². The van der Waals surface area contributed by atoms with Gasteiger partial charge in [-0.3, -0.25) is 0 Å². The van der Waals surface area contributed by atoms with Crippen molar-refractivity contribution < 1.29 is 14.0 Å². The molecular formula is C45H28N4O. The van der Waals surface area contributed by atoms with Crippen LogP contribution in [0, 0.1) is 0 Å². The number of benzene rings is 7. The Morgan fingerprint density at radius 1 is 0.460 bits per heavy atom. The van der Waals surface area contributed by atoms with Gasteiger partial charge in [0.2, 0.25) is 0 Å². The molecule has 0 fully saturated rings. The van der Waals surface area contributed by atoms with Crippen LogP contribution < -0.4 is 0 Å². The molecule has 0 spiro atoms. The zero-order valence-electron chi connectivity index (χ0n) is 33.3. The molecule has 0 saturated carbocycles. The Morgan fingerprint density at radius 3 is 1.94 bits per heavy atom. The largest absolute Gasteiger partial charge is 0.456 e. The zero-order valence-corrected chi connectivity index (χ0v) is 26.3. The molecule has 0 bridgehead atoms. The van der Waals surface area contributed by atoms with Crippen molar-refractivity contribution in [2.75, 3.05) is 0 Å². The summed E-state index contributed by atoms with van der Waals surface area (Å²) < 4.78 is 70.3. The molecule has 10 aromatic rings. The van der Waals surface area contributed by atoms with E-state index in [1.165, 1.54) is 0 Å². The molecule has 5 heteroatoms. The average molecular weight is 648 g/mol. The van der Waals surface area contributed by atoms with E-state index in [9.17, 15) is 1.37 Å². The molecule has 3 aromatic heterocycles. The molecular weight excluding hydrogens is 613 g/mol. The number of hydrogen-bond acceptors (Lipinski definition) is 4. The van der Waals surface area contributed by atoms with Gasteiger partial charge in [-0.25, -0.2) is 15.0 Å². The van der Waals surface area contributed by atoms with Crippen LogP contribution in [0.1, 0.15) is 9.60 Å². The van der Waals surface area contributed by atoms with E-state index in [2.05, 4.69) is 0 Å². The lowest BCUT2D eigenvalue weighted by molar-refractivity contribution is 0.669. The molecule has 0 amide bonds. The first-order chi connectivity index (χ1) is 27.7. The predicted octanol–water partition coefficient (Wildman–Crippen LogP) is 11.5. The van der Waals surface area contributed by atoms with Crippen molar-refractivity contribution in [3.8, 4) is 51.0 Å². The number of hydrogen-bond donors (Lipinski definition) is 0. The fourth-order valence-electron chi connectivity index (χ4n) is 6.64. The average Bonchev–Trinajstić information content (AvgIpc) is 3.81. The van der Waals surface area contributed by atoms with Gasteiger partial charge in [0.15, 0.2) is 17.5 Å². The van der Waals surface area contributed by atoms with Crippen molar-refractivity contribution in [3.63, 3.8) is 0 Å². The highest BCUT2D eigenvalue weighted by atomic mass is 16.3. The Balaban J connectivity index is 1.23. The second-order valence-electron chi connectivity index (χ2n) is 11.9. The van der Waals surface area contributed by atoms with E-state index in [0.717, 1.165) is 27.5 Å². The molecule has 3 heterocycles. The summed E-state index contributed by atoms with van der Waals surface area (Å²) >= 11 is 0. The van der Waals surface area contributed by atoms with Gasteiger partial charge in [0, 0.05) is 49.5 Å². The molecule has 0 aliphatic rings. The third kappa shape index (κ3) is 4.60. The van der Waals surface area contributed by atoms with Crippen LogP contribution in [0.4, 0.5) is 0 Å². The van der Waals surface area contributed by atoms with Gasteiger partial charge in [0.25, 0.3) is 0 Å². The summed E-state index contributed by atoms with van der Waals surface area (Å²) in [4.78, 5) is 14.8. The molecule has 10 rings (SSSR count). The minimum atomic E-state index is -0.441.